The van der Waals surface area contributed by atoms with Gasteiger partial charge in [0.25, 0.3) is 5.91 Å². The minimum Gasteiger partial charge on any atom is -0.370 e. The van der Waals surface area contributed by atoms with Crippen molar-refractivity contribution in [3.8, 4) is 0 Å². The third kappa shape index (κ3) is 4.22. The number of aromatic nitrogens is 1. The standard InChI is InChI=1S/C16H25N3O/c1-4-14-9-13(10-15(19-14)17-5-2)16(20)18-11(3)8-12-6-7-12/h9-12H,4-8H2,1-3H3,(H,17,19)(H,18,20). The second-order valence-electron chi connectivity index (χ2n) is 5.67. The lowest BCUT2D eigenvalue weighted by Gasteiger charge is -2.14. The Bertz CT molecular complexity index is 469. The normalized spacial score (nSPS) is 15.8. The molecule has 0 saturated heterocycles. The van der Waals surface area contributed by atoms with Gasteiger partial charge in [0.2, 0.25) is 0 Å². The van der Waals surface area contributed by atoms with Crippen LogP contribution in [-0.2, 0) is 6.42 Å². The van der Waals surface area contributed by atoms with Crippen LogP contribution in [0.25, 0.3) is 0 Å². The summed E-state index contributed by atoms with van der Waals surface area (Å²) in [6, 6.07) is 3.97. The number of amides is 1. The molecule has 1 amide bonds. The first-order valence-electron chi connectivity index (χ1n) is 7.68. The topological polar surface area (TPSA) is 54.0 Å². The number of hydrogen-bond donors (Lipinski definition) is 2. The molecule has 1 aromatic rings. The van der Waals surface area contributed by atoms with Gasteiger partial charge >= 0.3 is 0 Å². The van der Waals surface area contributed by atoms with E-state index in [1.165, 1.54) is 12.8 Å². The zero-order chi connectivity index (χ0) is 14.5. The van der Waals surface area contributed by atoms with Crippen molar-refractivity contribution in [3.05, 3.63) is 23.4 Å². The van der Waals surface area contributed by atoms with Gasteiger partial charge in [-0.3, -0.25) is 4.79 Å². The molecule has 1 heterocycles. The number of carbonyl (C=O) groups excluding carboxylic acids is 1. The van der Waals surface area contributed by atoms with Crippen molar-refractivity contribution in [3.63, 3.8) is 0 Å². The molecule has 1 aliphatic rings. The van der Waals surface area contributed by atoms with Crippen LogP contribution in [0.3, 0.4) is 0 Å². The Morgan fingerprint density at radius 1 is 1.40 bits per heavy atom. The third-order valence-electron chi connectivity index (χ3n) is 3.62. The van der Waals surface area contributed by atoms with E-state index in [9.17, 15) is 4.79 Å². The Labute approximate surface area is 121 Å². The van der Waals surface area contributed by atoms with Crippen LogP contribution in [0.5, 0.6) is 0 Å². The molecule has 1 saturated carbocycles. The number of hydrogen-bond acceptors (Lipinski definition) is 3. The van der Waals surface area contributed by atoms with Gasteiger partial charge in [-0.2, -0.15) is 0 Å². The molecule has 0 radical (unpaired) electrons. The zero-order valence-electron chi connectivity index (χ0n) is 12.7. The third-order valence-corrected chi connectivity index (χ3v) is 3.62. The maximum absolute atomic E-state index is 12.3. The van der Waals surface area contributed by atoms with Crippen molar-refractivity contribution >= 4 is 11.7 Å². The van der Waals surface area contributed by atoms with E-state index in [0.29, 0.717) is 5.56 Å². The molecule has 0 spiro atoms. The lowest BCUT2D eigenvalue weighted by atomic mass is 10.1. The molecule has 4 nitrogen and oxygen atoms in total. The van der Waals surface area contributed by atoms with Crippen molar-refractivity contribution in [1.82, 2.24) is 10.3 Å². The van der Waals surface area contributed by atoms with E-state index >= 15 is 0 Å². The van der Waals surface area contributed by atoms with Gasteiger partial charge in [-0.1, -0.05) is 19.8 Å². The number of carbonyl (C=O) groups is 1. The summed E-state index contributed by atoms with van der Waals surface area (Å²) in [5.74, 6) is 1.62. The summed E-state index contributed by atoms with van der Waals surface area (Å²) >= 11 is 0. The van der Waals surface area contributed by atoms with Crippen LogP contribution in [0.4, 0.5) is 5.82 Å². The fourth-order valence-corrected chi connectivity index (χ4v) is 2.39. The number of nitrogens with zero attached hydrogens (tertiary/aromatic N) is 1. The average Bonchev–Trinajstić information content (AvgIpc) is 3.22. The highest BCUT2D eigenvalue weighted by Gasteiger charge is 2.24. The van der Waals surface area contributed by atoms with Crippen LogP contribution < -0.4 is 10.6 Å². The molecular formula is C16H25N3O. The predicted octanol–water partition coefficient (Wildman–Crippen LogP) is 2.99. The molecule has 1 aliphatic carbocycles. The summed E-state index contributed by atoms with van der Waals surface area (Å²) in [4.78, 5) is 16.8. The quantitative estimate of drug-likeness (QED) is 0.804. The molecule has 1 unspecified atom stereocenters. The Kier molecular flexibility index (Phi) is 4.99. The van der Waals surface area contributed by atoms with Gasteiger partial charge < -0.3 is 10.6 Å². The van der Waals surface area contributed by atoms with Crippen LogP contribution in [-0.4, -0.2) is 23.5 Å². The number of aryl methyl sites for hydroxylation is 1. The summed E-state index contributed by atoms with van der Waals surface area (Å²) in [5.41, 5.74) is 1.65. The number of pyridine rings is 1. The first-order chi connectivity index (χ1) is 9.62. The highest BCUT2D eigenvalue weighted by atomic mass is 16.1. The van der Waals surface area contributed by atoms with Crippen molar-refractivity contribution < 1.29 is 4.79 Å². The van der Waals surface area contributed by atoms with Crippen molar-refractivity contribution in [2.24, 2.45) is 5.92 Å². The monoisotopic (exact) mass is 275 g/mol. The summed E-state index contributed by atoms with van der Waals surface area (Å²) in [5, 5.41) is 6.28. The number of rotatable bonds is 7. The Balaban J connectivity index is 2.04. The van der Waals surface area contributed by atoms with Gasteiger partial charge in [0.05, 0.1) is 0 Å². The first kappa shape index (κ1) is 14.8. The van der Waals surface area contributed by atoms with E-state index in [4.69, 9.17) is 0 Å². The summed E-state index contributed by atoms with van der Waals surface area (Å²) in [6.07, 6.45) is 4.56. The molecule has 20 heavy (non-hydrogen) atoms. The average molecular weight is 275 g/mol. The van der Waals surface area contributed by atoms with Gasteiger partial charge in [0.15, 0.2) is 0 Å². The van der Waals surface area contributed by atoms with Crippen molar-refractivity contribution in [2.75, 3.05) is 11.9 Å². The molecule has 4 heteroatoms. The minimum absolute atomic E-state index is 0.00871. The molecule has 2 N–H and O–H groups in total. The highest BCUT2D eigenvalue weighted by Crippen LogP contribution is 2.33. The van der Waals surface area contributed by atoms with Crippen molar-refractivity contribution in [1.29, 1.82) is 0 Å². The Morgan fingerprint density at radius 2 is 2.15 bits per heavy atom. The molecule has 1 aromatic heterocycles. The molecule has 1 fully saturated rings. The van der Waals surface area contributed by atoms with Crippen LogP contribution >= 0.6 is 0 Å². The summed E-state index contributed by atoms with van der Waals surface area (Å²) in [7, 11) is 0. The molecule has 0 bridgehead atoms. The second kappa shape index (κ2) is 6.73. The number of nitrogens with one attached hydrogen (secondary N) is 2. The van der Waals surface area contributed by atoms with E-state index < -0.39 is 0 Å². The maximum Gasteiger partial charge on any atom is 0.251 e. The van der Waals surface area contributed by atoms with Crippen LogP contribution in [0, 0.1) is 5.92 Å². The Morgan fingerprint density at radius 3 is 2.75 bits per heavy atom. The zero-order valence-corrected chi connectivity index (χ0v) is 12.7. The maximum atomic E-state index is 12.3. The van der Waals surface area contributed by atoms with E-state index in [2.05, 4.69) is 29.5 Å². The van der Waals surface area contributed by atoms with Gasteiger partial charge in [-0.05, 0) is 44.7 Å². The van der Waals surface area contributed by atoms with Crippen LogP contribution in [0.2, 0.25) is 0 Å². The van der Waals surface area contributed by atoms with E-state index in [0.717, 1.165) is 36.8 Å². The lowest BCUT2D eigenvalue weighted by molar-refractivity contribution is 0.0937. The first-order valence-corrected chi connectivity index (χ1v) is 7.68. The lowest BCUT2D eigenvalue weighted by Crippen LogP contribution is -2.33. The second-order valence-corrected chi connectivity index (χ2v) is 5.67. The van der Waals surface area contributed by atoms with Gasteiger partial charge in [-0.25, -0.2) is 4.98 Å². The van der Waals surface area contributed by atoms with Crippen LogP contribution in [0.1, 0.15) is 56.1 Å². The summed E-state index contributed by atoms with van der Waals surface area (Å²) < 4.78 is 0. The summed E-state index contributed by atoms with van der Waals surface area (Å²) in [6.45, 7) is 6.97. The molecule has 110 valence electrons. The molecule has 0 aliphatic heterocycles. The predicted molar refractivity (Wildman–Crippen MR) is 82.0 cm³/mol. The molecule has 2 rings (SSSR count). The van der Waals surface area contributed by atoms with E-state index in [1.807, 2.05) is 19.1 Å². The minimum atomic E-state index is 0.00871. The molecule has 1 atom stereocenters. The van der Waals surface area contributed by atoms with Gasteiger partial charge in [0, 0.05) is 23.8 Å². The molecular weight excluding hydrogens is 250 g/mol. The van der Waals surface area contributed by atoms with Crippen LogP contribution in [0.15, 0.2) is 12.1 Å². The van der Waals surface area contributed by atoms with Gasteiger partial charge in [0.1, 0.15) is 5.82 Å². The SMILES string of the molecule is CCNc1cc(C(=O)NC(C)CC2CC2)cc(CC)n1. The highest BCUT2D eigenvalue weighted by molar-refractivity contribution is 5.95. The van der Waals surface area contributed by atoms with Gasteiger partial charge in [-0.15, -0.1) is 0 Å². The van der Waals surface area contributed by atoms with E-state index in [-0.39, 0.29) is 11.9 Å². The largest absolute Gasteiger partial charge is 0.370 e. The fraction of sp³-hybridized carbons (Fsp3) is 0.625. The van der Waals surface area contributed by atoms with Crippen molar-refractivity contribution in [2.45, 2.75) is 52.5 Å². The van der Waals surface area contributed by atoms with E-state index in [1.54, 1.807) is 0 Å². The molecule has 0 aromatic carbocycles. The number of anilines is 1. The smallest absolute Gasteiger partial charge is 0.251 e. The Hall–Kier alpha value is -1.58. The fourth-order valence-electron chi connectivity index (χ4n) is 2.39.